The number of ether oxygens (including phenoxy) is 1. The highest BCUT2D eigenvalue weighted by Gasteiger charge is 2.32. The number of rotatable bonds is 7. The molecular formula is C22H19ClF6O3. The van der Waals surface area contributed by atoms with Crippen LogP contribution in [0.1, 0.15) is 42.7 Å². The molecule has 2 aromatic rings. The molecule has 1 saturated carbocycles. The molecule has 0 bridgehead atoms. The Balaban J connectivity index is 2.05. The minimum Gasteiger partial charge on any atom is -0.483 e. The SMILES string of the molecule is O=C(O)C(CC1CCC1)c1cc(OCC(F)(F)F)c(Cl)c(-c2ccc(C(F)(F)F)cc2)c1. The fourth-order valence-corrected chi connectivity index (χ4v) is 3.85. The monoisotopic (exact) mass is 480 g/mol. The van der Waals surface area contributed by atoms with Crippen molar-refractivity contribution in [3.63, 3.8) is 0 Å². The molecule has 0 radical (unpaired) electrons. The topological polar surface area (TPSA) is 46.5 Å². The average Bonchev–Trinajstić information content (AvgIpc) is 2.65. The second-order valence-corrected chi connectivity index (χ2v) is 8.16. The highest BCUT2D eigenvalue weighted by Crippen LogP contribution is 2.43. The van der Waals surface area contributed by atoms with E-state index in [9.17, 15) is 36.2 Å². The predicted octanol–water partition coefficient (Wildman–Crippen LogP) is 7.33. The van der Waals surface area contributed by atoms with Gasteiger partial charge in [0.15, 0.2) is 6.61 Å². The normalized spacial score (nSPS) is 15.8. The Morgan fingerprint density at radius 1 is 1.09 bits per heavy atom. The Hall–Kier alpha value is -2.42. The Morgan fingerprint density at radius 2 is 1.72 bits per heavy atom. The minimum absolute atomic E-state index is 0.0925. The predicted molar refractivity (Wildman–Crippen MR) is 106 cm³/mol. The van der Waals surface area contributed by atoms with Crippen molar-refractivity contribution in [1.29, 1.82) is 0 Å². The maximum Gasteiger partial charge on any atom is 0.422 e. The van der Waals surface area contributed by atoms with E-state index in [1.165, 1.54) is 12.1 Å². The van der Waals surface area contributed by atoms with Crippen molar-refractivity contribution < 1.29 is 41.0 Å². The van der Waals surface area contributed by atoms with Crippen LogP contribution >= 0.6 is 11.6 Å². The van der Waals surface area contributed by atoms with Crippen LogP contribution in [0.4, 0.5) is 26.3 Å². The molecule has 174 valence electrons. The second-order valence-electron chi connectivity index (χ2n) is 7.78. The van der Waals surface area contributed by atoms with Crippen LogP contribution in [-0.2, 0) is 11.0 Å². The zero-order chi connectivity index (χ0) is 23.7. The molecule has 1 aliphatic carbocycles. The molecule has 10 heteroatoms. The molecule has 32 heavy (non-hydrogen) atoms. The molecule has 1 N–H and O–H groups in total. The van der Waals surface area contributed by atoms with E-state index in [1.807, 2.05) is 0 Å². The summed E-state index contributed by atoms with van der Waals surface area (Å²) >= 11 is 6.24. The first kappa shape index (κ1) is 24.2. The third-order valence-electron chi connectivity index (χ3n) is 5.47. The van der Waals surface area contributed by atoms with E-state index in [0.29, 0.717) is 6.42 Å². The first-order valence-electron chi connectivity index (χ1n) is 9.78. The summed E-state index contributed by atoms with van der Waals surface area (Å²) in [5.41, 5.74) is -0.444. The van der Waals surface area contributed by atoms with Crippen molar-refractivity contribution >= 4 is 17.6 Å². The standard InChI is InChI=1S/C22H19ClF6O3/c23-19-16(13-4-6-15(7-5-13)22(27,28)29)9-14(10-18(19)32-11-21(24,25)26)17(20(30)31)8-12-2-1-3-12/h4-7,9-10,12,17H,1-3,8,11H2,(H,30,31). The van der Waals surface area contributed by atoms with Gasteiger partial charge in [0, 0.05) is 5.56 Å². The lowest BCUT2D eigenvalue weighted by Gasteiger charge is -2.28. The summed E-state index contributed by atoms with van der Waals surface area (Å²) in [5, 5.41) is 9.48. The van der Waals surface area contributed by atoms with E-state index in [1.54, 1.807) is 0 Å². The van der Waals surface area contributed by atoms with Crippen LogP contribution in [0.3, 0.4) is 0 Å². The van der Waals surface area contributed by atoms with E-state index in [4.69, 9.17) is 16.3 Å². The lowest BCUT2D eigenvalue weighted by Crippen LogP contribution is -2.21. The van der Waals surface area contributed by atoms with Crippen LogP contribution in [0.15, 0.2) is 36.4 Å². The van der Waals surface area contributed by atoms with Crippen LogP contribution < -0.4 is 4.74 Å². The van der Waals surface area contributed by atoms with Crippen molar-refractivity contribution in [3.05, 3.63) is 52.5 Å². The number of benzene rings is 2. The smallest absolute Gasteiger partial charge is 0.422 e. The van der Waals surface area contributed by atoms with Crippen molar-refractivity contribution in [2.45, 2.75) is 44.0 Å². The third kappa shape index (κ3) is 5.88. The number of alkyl halides is 6. The van der Waals surface area contributed by atoms with Crippen LogP contribution in [0.2, 0.25) is 5.02 Å². The van der Waals surface area contributed by atoms with Gasteiger partial charge in [0.1, 0.15) is 5.75 Å². The van der Waals surface area contributed by atoms with Gasteiger partial charge in [0.05, 0.1) is 16.5 Å². The fraction of sp³-hybridized carbons (Fsp3) is 0.409. The second kappa shape index (κ2) is 9.21. The fourth-order valence-electron chi connectivity index (χ4n) is 3.58. The molecular weight excluding hydrogens is 462 g/mol. The number of carbonyl (C=O) groups is 1. The van der Waals surface area contributed by atoms with Crippen LogP contribution in [0, 0.1) is 5.92 Å². The van der Waals surface area contributed by atoms with Gasteiger partial charge in [-0.25, -0.2) is 0 Å². The third-order valence-corrected chi connectivity index (χ3v) is 5.86. The average molecular weight is 481 g/mol. The first-order valence-corrected chi connectivity index (χ1v) is 10.2. The van der Waals surface area contributed by atoms with Crippen molar-refractivity contribution in [1.82, 2.24) is 0 Å². The minimum atomic E-state index is -4.66. The summed E-state index contributed by atoms with van der Waals surface area (Å²) in [4.78, 5) is 11.9. The molecule has 1 unspecified atom stereocenters. The van der Waals surface area contributed by atoms with Crippen LogP contribution in [-0.4, -0.2) is 23.9 Å². The number of halogens is 7. The lowest BCUT2D eigenvalue weighted by atomic mass is 9.77. The summed E-state index contributed by atoms with van der Waals surface area (Å²) in [7, 11) is 0. The number of carboxylic acids is 1. The number of hydrogen-bond donors (Lipinski definition) is 1. The van der Waals surface area contributed by atoms with Gasteiger partial charge in [-0.1, -0.05) is 43.0 Å². The number of hydrogen-bond acceptors (Lipinski definition) is 2. The van der Waals surface area contributed by atoms with Crippen molar-refractivity contribution in [3.8, 4) is 16.9 Å². The highest BCUT2D eigenvalue weighted by molar-refractivity contribution is 6.34. The van der Waals surface area contributed by atoms with E-state index < -0.39 is 36.4 Å². The Kier molecular flexibility index (Phi) is 6.97. The van der Waals surface area contributed by atoms with Crippen molar-refractivity contribution in [2.75, 3.05) is 6.61 Å². The maximum absolute atomic E-state index is 12.9. The van der Waals surface area contributed by atoms with E-state index in [0.717, 1.165) is 43.5 Å². The Bertz CT molecular complexity index is 965. The van der Waals surface area contributed by atoms with Gasteiger partial charge in [-0.2, -0.15) is 26.3 Å². The Morgan fingerprint density at radius 3 is 2.19 bits per heavy atom. The molecule has 3 nitrogen and oxygen atoms in total. The van der Waals surface area contributed by atoms with Gasteiger partial charge < -0.3 is 9.84 Å². The molecule has 0 heterocycles. The Labute approximate surface area is 184 Å². The maximum atomic E-state index is 12.9. The van der Waals surface area contributed by atoms with Gasteiger partial charge in [-0.05, 0) is 47.7 Å². The van der Waals surface area contributed by atoms with Crippen LogP contribution in [0.5, 0.6) is 5.75 Å². The van der Waals surface area contributed by atoms with Gasteiger partial charge in [-0.15, -0.1) is 0 Å². The first-order chi connectivity index (χ1) is 14.8. The van der Waals surface area contributed by atoms with Gasteiger partial charge in [-0.3, -0.25) is 4.79 Å². The summed E-state index contributed by atoms with van der Waals surface area (Å²) in [6.07, 6.45) is -6.23. The van der Waals surface area contributed by atoms with Crippen LogP contribution in [0.25, 0.3) is 11.1 Å². The van der Waals surface area contributed by atoms with E-state index in [-0.39, 0.29) is 33.4 Å². The molecule has 0 aromatic heterocycles. The molecule has 0 aliphatic heterocycles. The van der Waals surface area contributed by atoms with Gasteiger partial charge >= 0.3 is 18.3 Å². The summed E-state index contributed by atoms with van der Waals surface area (Å²) in [6, 6.07) is 6.45. The molecule has 0 amide bonds. The van der Waals surface area contributed by atoms with Gasteiger partial charge in [0.25, 0.3) is 0 Å². The van der Waals surface area contributed by atoms with Gasteiger partial charge in [0.2, 0.25) is 0 Å². The quantitative estimate of drug-likeness (QED) is 0.422. The largest absolute Gasteiger partial charge is 0.483 e. The molecule has 0 spiro atoms. The molecule has 1 fully saturated rings. The molecule has 1 atom stereocenters. The number of aliphatic carboxylic acids is 1. The van der Waals surface area contributed by atoms with E-state index in [2.05, 4.69) is 0 Å². The van der Waals surface area contributed by atoms with Crippen molar-refractivity contribution in [2.24, 2.45) is 5.92 Å². The highest BCUT2D eigenvalue weighted by atomic mass is 35.5. The molecule has 3 rings (SSSR count). The summed E-state index contributed by atoms with van der Waals surface area (Å²) in [5.74, 6) is -2.37. The van der Waals surface area contributed by atoms with E-state index >= 15 is 0 Å². The zero-order valence-corrected chi connectivity index (χ0v) is 17.3. The number of carboxylic acid groups (broad SMARTS) is 1. The summed E-state index contributed by atoms with van der Waals surface area (Å²) < 4.78 is 81.6. The summed E-state index contributed by atoms with van der Waals surface area (Å²) in [6.45, 7) is -1.65. The molecule has 0 saturated heterocycles. The lowest BCUT2D eigenvalue weighted by molar-refractivity contribution is -0.153. The molecule has 2 aromatic carbocycles. The zero-order valence-electron chi connectivity index (χ0n) is 16.6. The molecule has 1 aliphatic rings.